The molecule has 0 aromatic heterocycles. The van der Waals surface area contributed by atoms with Gasteiger partial charge in [-0.2, -0.15) is 0 Å². The van der Waals surface area contributed by atoms with Crippen LogP contribution in [0.3, 0.4) is 0 Å². The van der Waals surface area contributed by atoms with Crippen molar-refractivity contribution in [3.05, 3.63) is 0 Å². The molecule has 0 fully saturated rings. The number of halogens is 1. The maximum atomic E-state index is 6.00. The van der Waals surface area contributed by atoms with Crippen LogP contribution in [0.5, 0.6) is 0 Å². The summed E-state index contributed by atoms with van der Waals surface area (Å²) >= 11 is 0. The predicted octanol–water partition coefficient (Wildman–Crippen LogP) is 2.63. The van der Waals surface area contributed by atoms with Crippen LogP contribution in [0.1, 0.15) is 34.6 Å². The largest absolute Gasteiger partial charge is 0.325 e. The van der Waals surface area contributed by atoms with Gasteiger partial charge in [0.2, 0.25) is 0 Å². The van der Waals surface area contributed by atoms with Crippen LogP contribution in [0.2, 0.25) is 0 Å². The summed E-state index contributed by atoms with van der Waals surface area (Å²) in [5, 5.41) is 0. The van der Waals surface area contributed by atoms with Crippen LogP contribution in [0.4, 0.5) is 0 Å². The zero-order chi connectivity index (χ0) is 7.65. The number of nitrogens with two attached hydrogens (primary N) is 1. The molecule has 2 N–H and O–H groups in total. The molecule has 10 heavy (non-hydrogen) atoms. The Morgan fingerprint density at radius 2 is 1.20 bits per heavy atom. The zero-order valence-corrected chi connectivity index (χ0v) is 9.97. The van der Waals surface area contributed by atoms with Gasteiger partial charge in [0.1, 0.15) is 0 Å². The summed E-state index contributed by atoms with van der Waals surface area (Å²) in [5.41, 5.74) is 6.00. The second-order valence-electron chi connectivity index (χ2n) is 3.68. The molecule has 0 aliphatic carbocycles. The fourth-order valence-electron chi connectivity index (χ4n) is 0.667. The Labute approximate surface area is 81.8 Å². The van der Waals surface area contributed by atoms with Crippen molar-refractivity contribution in [2.24, 2.45) is 17.6 Å². The van der Waals surface area contributed by atoms with E-state index in [0.717, 1.165) is 0 Å². The molecule has 0 unspecified atom stereocenters. The van der Waals surface area contributed by atoms with Crippen molar-refractivity contribution in [3.63, 3.8) is 0 Å². The highest BCUT2D eigenvalue weighted by Gasteiger charge is 2.26. The van der Waals surface area contributed by atoms with Gasteiger partial charge in [0.15, 0.2) is 0 Å². The molecule has 0 heterocycles. The lowest BCUT2D eigenvalue weighted by Gasteiger charge is -2.33. The summed E-state index contributed by atoms with van der Waals surface area (Å²) in [5.74, 6) is 1.13. The SMILES string of the molecule is CC(C)C(C)(N)C(C)C.I. The molecule has 0 atom stereocenters. The van der Waals surface area contributed by atoms with Crippen LogP contribution in [-0.4, -0.2) is 5.54 Å². The number of rotatable bonds is 2. The molecule has 0 aromatic carbocycles. The minimum atomic E-state index is 0. The fourth-order valence-corrected chi connectivity index (χ4v) is 0.667. The Bertz CT molecular complexity index is 77.3. The first-order valence-corrected chi connectivity index (χ1v) is 3.68. The molecule has 0 amide bonds. The highest BCUT2D eigenvalue weighted by molar-refractivity contribution is 14.0. The molecule has 0 rings (SSSR count). The summed E-state index contributed by atoms with van der Waals surface area (Å²) in [6.07, 6.45) is 0. The molecule has 0 saturated carbocycles. The van der Waals surface area contributed by atoms with Gasteiger partial charge >= 0.3 is 0 Å². The Kier molecular flexibility index (Phi) is 6.04. The van der Waals surface area contributed by atoms with Gasteiger partial charge in [0.05, 0.1) is 0 Å². The van der Waals surface area contributed by atoms with Crippen LogP contribution in [-0.2, 0) is 0 Å². The molecule has 0 radical (unpaired) electrons. The van der Waals surface area contributed by atoms with E-state index in [1.54, 1.807) is 0 Å². The quantitative estimate of drug-likeness (QED) is 0.756. The number of hydrogen-bond acceptors (Lipinski definition) is 1. The Balaban J connectivity index is 0. The molecule has 0 aliphatic rings. The van der Waals surface area contributed by atoms with Gasteiger partial charge in [-0.1, -0.05) is 27.7 Å². The lowest BCUT2D eigenvalue weighted by Crippen LogP contribution is -2.46. The van der Waals surface area contributed by atoms with Crippen molar-refractivity contribution in [1.29, 1.82) is 0 Å². The first-order chi connectivity index (χ1) is 3.89. The first kappa shape index (κ1) is 13.3. The molecule has 0 aliphatic heterocycles. The molecule has 0 saturated heterocycles. The maximum absolute atomic E-state index is 6.00. The van der Waals surface area contributed by atoms with Gasteiger partial charge < -0.3 is 5.73 Å². The van der Waals surface area contributed by atoms with Crippen molar-refractivity contribution in [2.75, 3.05) is 0 Å². The van der Waals surface area contributed by atoms with E-state index in [4.69, 9.17) is 5.73 Å². The fraction of sp³-hybridized carbons (Fsp3) is 1.00. The minimum Gasteiger partial charge on any atom is -0.325 e. The topological polar surface area (TPSA) is 26.0 Å². The second-order valence-corrected chi connectivity index (χ2v) is 3.68. The van der Waals surface area contributed by atoms with Gasteiger partial charge in [-0.15, -0.1) is 24.0 Å². The van der Waals surface area contributed by atoms with Crippen LogP contribution < -0.4 is 5.73 Å². The molecule has 0 spiro atoms. The molecule has 0 aromatic rings. The molecule has 1 nitrogen and oxygen atoms in total. The minimum absolute atomic E-state index is 0. The molecule has 64 valence electrons. The maximum Gasteiger partial charge on any atom is 0.0172 e. The third-order valence-corrected chi connectivity index (χ3v) is 2.49. The van der Waals surface area contributed by atoms with E-state index in [1.165, 1.54) is 0 Å². The van der Waals surface area contributed by atoms with Gasteiger partial charge in [0, 0.05) is 5.54 Å². The average Bonchev–Trinajstić information content (AvgIpc) is 1.65. The molecular weight excluding hydrogens is 237 g/mol. The third-order valence-electron chi connectivity index (χ3n) is 2.49. The van der Waals surface area contributed by atoms with Crippen molar-refractivity contribution in [2.45, 2.75) is 40.2 Å². The van der Waals surface area contributed by atoms with Crippen LogP contribution in [0, 0.1) is 11.8 Å². The molecule has 2 heteroatoms. The van der Waals surface area contributed by atoms with E-state index in [1.807, 2.05) is 0 Å². The van der Waals surface area contributed by atoms with Gasteiger partial charge in [-0.3, -0.25) is 0 Å². The Hall–Kier alpha value is 0.690. The Morgan fingerprint density at radius 3 is 1.20 bits per heavy atom. The summed E-state index contributed by atoms with van der Waals surface area (Å²) in [4.78, 5) is 0. The predicted molar refractivity (Wildman–Crippen MR) is 57.7 cm³/mol. The highest BCUT2D eigenvalue weighted by Crippen LogP contribution is 2.21. The van der Waals surface area contributed by atoms with Crippen LogP contribution in [0.15, 0.2) is 0 Å². The monoisotopic (exact) mass is 257 g/mol. The van der Waals surface area contributed by atoms with Gasteiger partial charge in [-0.25, -0.2) is 0 Å². The standard InChI is InChI=1S/C8H19N.HI/c1-6(2)8(5,9)7(3)4;/h6-7H,9H2,1-5H3;1H. The van der Waals surface area contributed by atoms with Crippen molar-refractivity contribution in [3.8, 4) is 0 Å². The Morgan fingerprint density at radius 1 is 1.00 bits per heavy atom. The summed E-state index contributed by atoms with van der Waals surface area (Å²) in [6.45, 7) is 10.8. The van der Waals surface area contributed by atoms with E-state index >= 15 is 0 Å². The lowest BCUT2D eigenvalue weighted by atomic mass is 9.80. The van der Waals surface area contributed by atoms with Crippen LogP contribution in [0.25, 0.3) is 0 Å². The van der Waals surface area contributed by atoms with E-state index in [-0.39, 0.29) is 29.5 Å². The smallest absolute Gasteiger partial charge is 0.0172 e. The lowest BCUT2D eigenvalue weighted by molar-refractivity contribution is 0.250. The zero-order valence-electron chi connectivity index (χ0n) is 7.64. The summed E-state index contributed by atoms with van der Waals surface area (Å²) < 4.78 is 0. The van der Waals surface area contributed by atoms with Gasteiger partial charge in [-0.05, 0) is 18.8 Å². The summed E-state index contributed by atoms with van der Waals surface area (Å²) in [6, 6.07) is 0. The summed E-state index contributed by atoms with van der Waals surface area (Å²) in [7, 11) is 0. The second kappa shape index (κ2) is 4.54. The first-order valence-electron chi connectivity index (χ1n) is 3.68. The van der Waals surface area contributed by atoms with E-state index in [2.05, 4.69) is 34.6 Å². The average molecular weight is 257 g/mol. The highest BCUT2D eigenvalue weighted by atomic mass is 127. The van der Waals surface area contributed by atoms with Crippen LogP contribution >= 0.6 is 24.0 Å². The number of hydrogen-bond donors (Lipinski definition) is 1. The van der Waals surface area contributed by atoms with Crippen molar-refractivity contribution >= 4 is 24.0 Å². The van der Waals surface area contributed by atoms with Crippen molar-refractivity contribution in [1.82, 2.24) is 0 Å². The van der Waals surface area contributed by atoms with E-state index in [0.29, 0.717) is 11.8 Å². The van der Waals surface area contributed by atoms with E-state index in [9.17, 15) is 0 Å². The van der Waals surface area contributed by atoms with E-state index < -0.39 is 0 Å². The van der Waals surface area contributed by atoms with Gasteiger partial charge in [0.25, 0.3) is 0 Å². The van der Waals surface area contributed by atoms with Crippen molar-refractivity contribution < 1.29 is 0 Å². The third kappa shape index (κ3) is 3.19. The molecule has 0 bridgehead atoms. The normalized spacial score (nSPS) is 12.0. The molecular formula is C8H20IN.